The van der Waals surface area contributed by atoms with Crippen LogP contribution in [0.2, 0.25) is 0 Å². The molecule has 0 amide bonds. The van der Waals surface area contributed by atoms with Crippen LogP contribution in [0.1, 0.15) is 311 Å². The summed E-state index contributed by atoms with van der Waals surface area (Å²) in [6, 6.07) is 0. The lowest BCUT2D eigenvalue weighted by atomic mass is 10.1. The standard InChI is InChI=1S/3C18H36O2.3H3O3PS/c3*1-3-5-7-8-9-10-11-12-13-15-17-20-18(19)16-14-6-4-2;3*1-4(2,3)5/h3*3-17H2,1-2H3;3*(H3,1,2,3,5). The molecule has 75 heavy (non-hydrogen) atoms. The van der Waals surface area contributed by atoms with Crippen molar-refractivity contribution in [3.05, 3.63) is 0 Å². The Balaban J connectivity index is -0.000000208. The van der Waals surface area contributed by atoms with Crippen molar-refractivity contribution in [2.24, 2.45) is 0 Å². The number of carbonyl (C=O) groups is 3. The van der Waals surface area contributed by atoms with Crippen LogP contribution in [0.5, 0.6) is 0 Å². The number of unbranched alkanes of at least 4 members (excludes halogenated alkanes) is 33. The van der Waals surface area contributed by atoms with Gasteiger partial charge in [-0.25, -0.2) is 0 Å². The van der Waals surface area contributed by atoms with E-state index in [1.54, 1.807) is 0 Å². The Hall–Kier alpha value is -0.000000000000000527. The molecule has 0 aliphatic heterocycles. The Morgan fingerprint density at radius 3 is 0.520 bits per heavy atom. The number of carbonyl (C=O) groups excluding carboxylic acids is 3. The summed E-state index contributed by atoms with van der Waals surface area (Å²) in [5.74, 6) is -0.0156. The van der Waals surface area contributed by atoms with Gasteiger partial charge >= 0.3 is 38.1 Å². The fourth-order valence-electron chi connectivity index (χ4n) is 7.10. The van der Waals surface area contributed by atoms with Crippen LogP contribution in [0.3, 0.4) is 0 Å². The highest BCUT2D eigenvalue weighted by atomic mass is 32.5. The monoisotopic (exact) mass is 1190 g/mol. The van der Waals surface area contributed by atoms with Gasteiger partial charge in [-0.15, -0.1) is 0 Å². The van der Waals surface area contributed by atoms with E-state index in [-0.39, 0.29) is 17.9 Å². The number of esters is 3. The number of rotatable bonds is 45. The second-order valence-electron chi connectivity index (χ2n) is 19.1. The third-order valence-electron chi connectivity index (χ3n) is 11.2. The molecule has 0 aliphatic rings. The summed E-state index contributed by atoms with van der Waals surface area (Å²) in [6.45, 7) is 3.69. The Kier molecular flexibility index (Phi) is 80.6. The van der Waals surface area contributed by atoms with E-state index in [0.717, 1.165) is 77.0 Å². The summed E-state index contributed by atoms with van der Waals surface area (Å²) in [7, 11) is 0. The Bertz CT molecular complexity index is 1130. The molecule has 9 N–H and O–H groups in total. The second-order valence-corrected chi connectivity index (χ2v) is 26.6. The molecular formula is C54H117O15P3S3. The van der Waals surface area contributed by atoms with E-state index in [0.29, 0.717) is 39.1 Å². The molecule has 0 aromatic carbocycles. The largest absolute Gasteiger partial charge is 0.466 e. The minimum atomic E-state index is -3.81. The van der Waals surface area contributed by atoms with Gasteiger partial charge in [-0.2, -0.15) is 0 Å². The van der Waals surface area contributed by atoms with Crippen LogP contribution in [0.25, 0.3) is 0 Å². The van der Waals surface area contributed by atoms with Gasteiger partial charge in [0, 0.05) is 19.3 Å². The quantitative estimate of drug-likeness (QED) is 0.0119. The summed E-state index contributed by atoms with van der Waals surface area (Å²) >= 11 is 10.8. The van der Waals surface area contributed by atoms with Crippen molar-refractivity contribution in [2.75, 3.05) is 19.8 Å². The Morgan fingerprint density at radius 1 is 0.253 bits per heavy atom. The van der Waals surface area contributed by atoms with E-state index in [2.05, 4.69) is 77.0 Å². The van der Waals surface area contributed by atoms with E-state index < -0.39 is 20.2 Å². The van der Waals surface area contributed by atoms with Crippen LogP contribution in [-0.2, 0) is 64.0 Å². The molecule has 0 aromatic rings. The predicted octanol–water partition coefficient (Wildman–Crippen LogP) is 15.7. The molecule has 0 atom stereocenters. The minimum Gasteiger partial charge on any atom is -0.466 e. The summed E-state index contributed by atoms with van der Waals surface area (Å²) in [6.07, 6.45) is 51.2. The first-order valence-electron chi connectivity index (χ1n) is 29.2. The molecule has 0 radical (unpaired) electrons. The third kappa shape index (κ3) is 132. The number of hydrogen-bond donors (Lipinski definition) is 9. The smallest absolute Gasteiger partial charge is 0.319 e. The summed E-state index contributed by atoms with van der Waals surface area (Å²) in [5.41, 5.74) is 0. The fraction of sp³-hybridized carbons (Fsp3) is 0.944. The fourth-order valence-corrected chi connectivity index (χ4v) is 7.10. The zero-order chi connectivity index (χ0) is 58.2. The van der Waals surface area contributed by atoms with Crippen molar-refractivity contribution in [2.45, 2.75) is 311 Å². The second kappa shape index (κ2) is 70.1. The average Bonchev–Trinajstić information content (AvgIpc) is 3.31. The summed E-state index contributed by atoms with van der Waals surface area (Å²) in [5, 5.41) is 0. The normalized spacial score (nSPS) is 10.9. The van der Waals surface area contributed by atoms with Crippen LogP contribution >= 0.6 is 20.2 Å². The lowest BCUT2D eigenvalue weighted by Gasteiger charge is -2.05. The lowest BCUT2D eigenvalue weighted by molar-refractivity contribution is -0.144. The first-order valence-corrected chi connectivity index (χ1v) is 37.2. The van der Waals surface area contributed by atoms with E-state index in [9.17, 15) is 14.4 Å². The summed E-state index contributed by atoms with van der Waals surface area (Å²) in [4.78, 5) is 102. The Morgan fingerprint density at radius 2 is 0.373 bits per heavy atom. The minimum absolute atomic E-state index is 0.00521. The first-order chi connectivity index (χ1) is 35.4. The van der Waals surface area contributed by atoms with Crippen molar-refractivity contribution < 1.29 is 72.6 Å². The van der Waals surface area contributed by atoms with Gasteiger partial charge in [0.25, 0.3) is 0 Å². The van der Waals surface area contributed by atoms with Crippen LogP contribution in [-0.4, -0.2) is 81.8 Å². The SMILES string of the molecule is CCCCCCCCCCCCOC(=O)CCCCC.CCCCCCCCCCCCOC(=O)CCCCC.CCCCCCCCCCCCOC(=O)CCCCC.OP(O)(O)=S.OP(O)(O)=S.OP(O)(O)=S. The Labute approximate surface area is 474 Å². The molecule has 0 saturated carbocycles. The van der Waals surface area contributed by atoms with E-state index in [1.807, 2.05) is 0 Å². The molecule has 0 rings (SSSR count). The molecule has 456 valence electrons. The molecule has 0 saturated heterocycles. The third-order valence-corrected chi connectivity index (χ3v) is 11.2. The highest BCUT2D eigenvalue weighted by Crippen LogP contribution is 2.27. The maximum Gasteiger partial charge on any atom is 0.319 e. The van der Waals surface area contributed by atoms with Crippen LogP contribution in [0.4, 0.5) is 0 Å². The molecule has 0 aliphatic carbocycles. The molecule has 0 aromatic heterocycles. The van der Waals surface area contributed by atoms with Crippen LogP contribution in [0.15, 0.2) is 0 Å². The molecule has 21 heteroatoms. The van der Waals surface area contributed by atoms with Gasteiger partial charge in [0.15, 0.2) is 0 Å². The first kappa shape index (κ1) is 86.3. The van der Waals surface area contributed by atoms with Gasteiger partial charge in [-0.3, -0.25) is 14.4 Å². The van der Waals surface area contributed by atoms with Crippen molar-refractivity contribution >= 4 is 73.5 Å². The van der Waals surface area contributed by atoms with Gasteiger partial charge in [-0.1, -0.05) is 253 Å². The average molecular weight is 1200 g/mol. The molecule has 0 unspecified atom stereocenters. The topological polar surface area (TPSA) is 261 Å². The van der Waals surface area contributed by atoms with Gasteiger partial charge < -0.3 is 58.3 Å². The maximum atomic E-state index is 11.4. The van der Waals surface area contributed by atoms with Crippen molar-refractivity contribution in [1.82, 2.24) is 0 Å². The maximum absolute atomic E-state index is 11.4. The highest BCUT2D eigenvalue weighted by Gasteiger charge is 2.04. The predicted molar refractivity (Wildman–Crippen MR) is 324 cm³/mol. The molecule has 0 spiro atoms. The lowest BCUT2D eigenvalue weighted by Crippen LogP contribution is -2.05. The van der Waals surface area contributed by atoms with Crippen molar-refractivity contribution in [3.63, 3.8) is 0 Å². The highest BCUT2D eigenvalue weighted by molar-refractivity contribution is 8.06. The zero-order valence-electron chi connectivity index (χ0n) is 48.4. The van der Waals surface area contributed by atoms with E-state index in [1.165, 1.54) is 173 Å². The molecule has 0 heterocycles. The number of ether oxygens (including phenoxy) is 3. The number of hydrogen-bond acceptors (Lipinski definition) is 9. The van der Waals surface area contributed by atoms with Gasteiger partial charge in [-0.05, 0) is 73.9 Å². The van der Waals surface area contributed by atoms with E-state index in [4.69, 9.17) is 58.3 Å². The van der Waals surface area contributed by atoms with Crippen molar-refractivity contribution in [3.8, 4) is 0 Å². The van der Waals surface area contributed by atoms with Gasteiger partial charge in [0.05, 0.1) is 19.8 Å². The zero-order valence-corrected chi connectivity index (χ0v) is 53.5. The molecule has 0 fully saturated rings. The summed E-state index contributed by atoms with van der Waals surface area (Å²) < 4.78 is 15.7. The van der Waals surface area contributed by atoms with Crippen LogP contribution in [0, 0.1) is 0 Å². The van der Waals surface area contributed by atoms with E-state index >= 15 is 0 Å². The van der Waals surface area contributed by atoms with Gasteiger partial charge in [0.2, 0.25) is 0 Å². The van der Waals surface area contributed by atoms with Crippen LogP contribution < -0.4 is 0 Å². The van der Waals surface area contributed by atoms with Crippen molar-refractivity contribution in [1.29, 1.82) is 0 Å². The van der Waals surface area contributed by atoms with Gasteiger partial charge in [0.1, 0.15) is 0 Å². The molecular weight excluding hydrogens is 1080 g/mol. The molecule has 0 bridgehead atoms. The molecule has 15 nitrogen and oxygen atoms in total.